The van der Waals surface area contributed by atoms with Gasteiger partial charge in [-0.15, -0.1) is 0 Å². The summed E-state index contributed by atoms with van der Waals surface area (Å²) in [6.07, 6.45) is 0. The van der Waals surface area contributed by atoms with Crippen molar-refractivity contribution in [1.29, 1.82) is 0 Å². The fourth-order valence-corrected chi connectivity index (χ4v) is 3.84. The molecule has 34 heavy (non-hydrogen) atoms. The van der Waals surface area contributed by atoms with Gasteiger partial charge in [0.25, 0.3) is 11.8 Å². The predicted molar refractivity (Wildman–Crippen MR) is 126 cm³/mol. The number of anilines is 1. The van der Waals surface area contributed by atoms with E-state index in [9.17, 15) is 9.59 Å². The van der Waals surface area contributed by atoms with Crippen molar-refractivity contribution in [3.63, 3.8) is 0 Å². The first-order chi connectivity index (χ1) is 16.5. The number of carbonyl (C=O) groups excluding carboxylic acids is 2. The van der Waals surface area contributed by atoms with Gasteiger partial charge in [-0.2, -0.15) is 0 Å². The Bertz CT molecular complexity index is 1410. The van der Waals surface area contributed by atoms with Gasteiger partial charge >= 0.3 is 0 Å². The van der Waals surface area contributed by atoms with E-state index in [1.807, 2.05) is 31.2 Å². The Morgan fingerprint density at radius 2 is 1.79 bits per heavy atom. The number of amides is 2. The number of methoxy groups -OCH3 is 1. The standard InChI is InChI=1S/C26H22N2O6/c1-15-19-12-17(31-2)8-10-21(19)34-24(15)26(30)28-20-6-4-3-5-18(20)25(29)27-13-16-7-9-22-23(11-16)33-14-32-22/h3-12H,13-14H2,1-2H3,(H,27,29)(H,28,30). The van der Waals surface area contributed by atoms with Gasteiger partial charge in [0, 0.05) is 17.5 Å². The summed E-state index contributed by atoms with van der Waals surface area (Å²) in [6, 6.07) is 17.7. The van der Waals surface area contributed by atoms with E-state index in [0.29, 0.717) is 46.2 Å². The molecular weight excluding hydrogens is 436 g/mol. The van der Waals surface area contributed by atoms with Crippen molar-refractivity contribution in [2.45, 2.75) is 13.5 Å². The van der Waals surface area contributed by atoms with E-state index in [1.165, 1.54) is 0 Å². The third kappa shape index (κ3) is 4.01. The number of fused-ring (bicyclic) bond motifs is 2. The molecule has 8 heteroatoms. The first kappa shape index (κ1) is 21.4. The monoisotopic (exact) mass is 458 g/mol. The minimum absolute atomic E-state index is 0.179. The number of hydrogen-bond acceptors (Lipinski definition) is 6. The molecule has 5 rings (SSSR count). The number of nitrogens with one attached hydrogen (secondary N) is 2. The number of rotatable bonds is 6. The van der Waals surface area contributed by atoms with Crippen LogP contribution in [0.15, 0.2) is 65.1 Å². The number of para-hydroxylation sites is 1. The van der Waals surface area contributed by atoms with E-state index in [0.717, 1.165) is 10.9 Å². The number of aryl methyl sites for hydroxylation is 1. The third-order valence-electron chi connectivity index (χ3n) is 5.66. The van der Waals surface area contributed by atoms with Crippen LogP contribution in [-0.4, -0.2) is 25.7 Å². The zero-order valence-electron chi connectivity index (χ0n) is 18.6. The zero-order chi connectivity index (χ0) is 23.7. The second kappa shape index (κ2) is 8.82. The molecule has 0 fully saturated rings. The number of carbonyl (C=O) groups is 2. The van der Waals surface area contributed by atoms with Gasteiger partial charge in [-0.05, 0) is 55.0 Å². The van der Waals surface area contributed by atoms with E-state index in [2.05, 4.69) is 10.6 Å². The summed E-state index contributed by atoms with van der Waals surface area (Å²) in [7, 11) is 1.58. The van der Waals surface area contributed by atoms with Crippen LogP contribution in [0.2, 0.25) is 0 Å². The summed E-state index contributed by atoms with van der Waals surface area (Å²) >= 11 is 0. The summed E-state index contributed by atoms with van der Waals surface area (Å²) in [4.78, 5) is 25.9. The van der Waals surface area contributed by atoms with E-state index < -0.39 is 5.91 Å². The number of furan rings is 1. The maximum absolute atomic E-state index is 13.0. The molecule has 1 aromatic heterocycles. The molecule has 1 aliphatic heterocycles. The van der Waals surface area contributed by atoms with Crippen LogP contribution >= 0.6 is 0 Å². The van der Waals surface area contributed by atoms with Gasteiger partial charge in [-0.25, -0.2) is 0 Å². The van der Waals surface area contributed by atoms with Crippen molar-refractivity contribution >= 4 is 28.5 Å². The highest BCUT2D eigenvalue weighted by Gasteiger charge is 2.21. The van der Waals surface area contributed by atoms with Crippen LogP contribution in [0.1, 0.15) is 32.0 Å². The average Bonchev–Trinajstić information content (AvgIpc) is 3.46. The predicted octanol–water partition coefficient (Wildman–Crippen LogP) is 4.66. The van der Waals surface area contributed by atoms with Crippen molar-refractivity contribution in [3.05, 3.63) is 83.1 Å². The molecule has 0 aliphatic carbocycles. The summed E-state index contributed by atoms with van der Waals surface area (Å²) in [6.45, 7) is 2.29. The molecule has 0 unspecified atom stereocenters. The molecule has 4 aromatic rings. The lowest BCUT2D eigenvalue weighted by atomic mass is 10.1. The highest BCUT2D eigenvalue weighted by atomic mass is 16.7. The van der Waals surface area contributed by atoms with Crippen LogP contribution in [0.4, 0.5) is 5.69 Å². The lowest BCUT2D eigenvalue weighted by Crippen LogP contribution is -2.25. The first-order valence-electron chi connectivity index (χ1n) is 10.7. The molecular formula is C26H22N2O6. The average molecular weight is 458 g/mol. The van der Waals surface area contributed by atoms with Crippen molar-refractivity contribution < 1.29 is 28.2 Å². The molecule has 2 amide bonds. The van der Waals surface area contributed by atoms with Crippen LogP contribution in [-0.2, 0) is 6.54 Å². The largest absolute Gasteiger partial charge is 0.497 e. The van der Waals surface area contributed by atoms with E-state index >= 15 is 0 Å². The Hall–Kier alpha value is -4.46. The molecule has 172 valence electrons. The summed E-state index contributed by atoms with van der Waals surface area (Å²) < 4.78 is 21.7. The molecule has 0 spiro atoms. The minimum Gasteiger partial charge on any atom is -0.497 e. The molecule has 0 saturated carbocycles. The lowest BCUT2D eigenvalue weighted by Gasteiger charge is -2.11. The molecule has 0 atom stereocenters. The Morgan fingerprint density at radius 3 is 2.65 bits per heavy atom. The van der Waals surface area contributed by atoms with Crippen LogP contribution in [0, 0.1) is 6.92 Å². The summed E-state index contributed by atoms with van der Waals surface area (Å²) in [5.74, 6) is 1.43. The topological polar surface area (TPSA) is 99.0 Å². The SMILES string of the molecule is COc1ccc2oc(C(=O)Nc3ccccc3C(=O)NCc3ccc4c(c3)OCO4)c(C)c2c1. The summed E-state index contributed by atoms with van der Waals surface area (Å²) in [5.41, 5.74) is 2.86. The van der Waals surface area contributed by atoms with Gasteiger partial charge in [-0.3, -0.25) is 9.59 Å². The van der Waals surface area contributed by atoms with Crippen LogP contribution < -0.4 is 24.8 Å². The molecule has 0 radical (unpaired) electrons. The van der Waals surface area contributed by atoms with Crippen LogP contribution in [0.5, 0.6) is 17.2 Å². The van der Waals surface area contributed by atoms with Crippen LogP contribution in [0.25, 0.3) is 11.0 Å². The fourth-order valence-electron chi connectivity index (χ4n) is 3.84. The van der Waals surface area contributed by atoms with Gasteiger partial charge in [-0.1, -0.05) is 18.2 Å². The lowest BCUT2D eigenvalue weighted by molar-refractivity contribution is 0.0951. The van der Waals surface area contributed by atoms with Crippen molar-refractivity contribution in [2.24, 2.45) is 0 Å². The highest BCUT2D eigenvalue weighted by molar-refractivity contribution is 6.10. The fraction of sp³-hybridized carbons (Fsp3) is 0.154. The normalized spacial score (nSPS) is 11.9. The highest BCUT2D eigenvalue weighted by Crippen LogP contribution is 2.32. The Kier molecular flexibility index (Phi) is 5.55. The molecule has 0 bridgehead atoms. The van der Waals surface area contributed by atoms with Gasteiger partial charge in [0.05, 0.1) is 18.4 Å². The first-order valence-corrected chi connectivity index (χ1v) is 10.7. The quantitative estimate of drug-likeness (QED) is 0.436. The molecule has 8 nitrogen and oxygen atoms in total. The molecule has 2 heterocycles. The van der Waals surface area contributed by atoms with E-state index in [1.54, 1.807) is 43.5 Å². The van der Waals surface area contributed by atoms with Gasteiger partial charge < -0.3 is 29.3 Å². The minimum atomic E-state index is -0.441. The second-order valence-electron chi connectivity index (χ2n) is 7.79. The smallest absolute Gasteiger partial charge is 0.291 e. The molecule has 0 saturated heterocycles. The van der Waals surface area contributed by atoms with Crippen molar-refractivity contribution in [2.75, 3.05) is 19.2 Å². The van der Waals surface area contributed by atoms with Gasteiger partial charge in [0.15, 0.2) is 17.3 Å². The van der Waals surface area contributed by atoms with Gasteiger partial charge in [0.2, 0.25) is 6.79 Å². The number of ether oxygens (including phenoxy) is 3. The molecule has 2 N–H and O–H groups in total. The maximum atomic E-state index is 13.0. The molecule has 1 aliphatic rings. The maximum Gasteiger partial charge on any atom is 0.291 e. The second-order valence-corrected chi connectivity index (χ2v) is 7.79. The molecule has 3 aromatic carbocycles. The number of hydrogen-bond donors (Lipinski definition) is 2. The Morgan fingerprint density at radius 1 is 0.971 bits per heavy atom. The van der Waals surface area contributed by atoms with Gasteiger partial charge in [0.1, 0.15) is 11.3 Å². The van der Waals surface area contributed by atoms with E-state index in [4.69, 9.17) is 18.6 Å². The summed E-state index contributed by atoms with van der Waals surface area (Å²) in [5, 5.41) is 6.48. The third-order valence-corrected chi connectivity index (χ3v) is 5.66. The van der Waals surface area contributed by atoms with E-state index in [-0.39, 0.29) is 18.5 Å². The number of benzene rings is 3. The Labute approximate surface area is 195 Å². The van der Waals surface area contributed by atoms with Crippen LogP contribution in [0.3, 0.4) is 0 Å². The van der Waals surface area contributed by atoms with Crippen molar-refractivity contribution in [3.8, 4) is 17.2 Å². The zero-order valence-corrected chi connectivity index (χ0v) is 18.6. The van der Waals surface area contributed by atoms with Crippen molar-refractivity contribution in [1.82, 2.24) is 5.32 Å². The Balaban J connectivity index is 1.33.